The van der Waals surface area contributed by atoms with Crippen molar-refractivity contribution in [1.82, 2.24) is 5.32 Å². The van der Waals surface area contributed by atoms with Crippen LogP contribution >= 0.6 is 0 Å². The zero-order chi connectivity index (χ0) is 16.4. The summed E-state index contributed by atoms with van der Waals surface area (Å²) in [6, 6.07) is 7.42. The largest absolute Gasteiger partial charge is 0.354 e. The van der Waals surface area contributed by atoms with Crippen LogP contribution in [0.2, 0.25) is 0 Å². The van der Waals surface area contributed by atoms with Gasteiger partial charge in [0.15, 0.2) is 0 Å². The molecule has 0 bridgehead atoms. The molecule has 0 radical (unpaired) electrons. The van der Waals surface area contributed by atoms with Crippen molar-refractivity contribution in [3.05, 3.63) is 36.9 Å². The number of carbonyl (C=O) groups is 1. The van der Waals surface area contributed by atoms with Gasteiger partial charge in [0.2, 0.25) is 5.91 Å². The third kappa shape index (κ3) is 3.06. The smallest absolute Gasteiger partial charge is 0.326 e. The average molecular weight is 335 g/mol. The second kappa shape index (κ2) is 6.23. The summed E-state index contributed by atoms with van der Waals surface area (Å²) >= 11 is 0. The van der Waals surface area contributed by atoms with Crippen molar-refractivity contribution < 1.29 is 13.2 Å². The van der Waals surface area contributed by atoms with Crippen LogP contribution in [-0.4, -0.2) is 33.5 Å². The highest BCUT2D eigenvalue weighted by molar-refractivity contribution is 7.94. The molecule has 1 aliphatic heterocycles. The van der Waals surface area contributed by atoms with Crippen molar-refractivity contribution in [3.63, 3.8) is 0 Å². The topological polar surface area (TPSA) is 69.7 Å². The predicted octanol–water partition coefficient (Wildman–Crippen LogP) is 1.80. The fourth-order valence-electron chi connectivity index (χ4n) is 2.76. The number of amides is 1. The molecule has 0 spiro atoms. The Morgan fingerprint density at radius 3 is 2.65 bits per heavy atom. The Kier molecular flexibility index (Phi) is 4.30. The second-order valence-corrected chi connectivity index (χ2v) is 7.50. The van der Waals surface area contributed by atoms with E-state index in [1.54, 1.807) is 6.08 Å². The fourth-order valence-corrected chi connectivity index (χ4v) is 4.69. The molecule has 0 unspecified atom stereocenters. The van der Waals surface area contributed by atoms with Crippen LogP contribution in [0, 0.1) is 0 Å². The van der Waals surface area contributed by atoms with E-state index < -0.39 is 10.2 Å². The first-order chi connectivity index (χ1) is 11.1. The number of para-hydroxylation sites is 2. The minimum atomic E-state index is -3.54. The van der Waals surface area contributed by atoms with Crippen molar-refractivity contribution in [1.29, 1.82) is 0 Å². The SMILES string of the molecule is C=CCCC(=O)NCCN1c2ccccc2N(C2CC2)S1(=O)=O. The first-order valence-corrected chi connectivity index (χ1v) is 9.24. The molecule has 1 aliphatic carbocycles. The number of hydrogen-bond acceptors (Lipinski definition) is 3. The average Bonchev–Trinajstić information content (AvgIpc) is 3.31. The summed E-state index contributed by atoms with van der Waals surface area (Å²) in [7, 11) is -3.54. The van der Waals surface area contributed by atoms with Crippen LogP contribution in [0.3, 0.4) is 0 Å². The number of fused-ring (bicyclic) bond motifs is 1. The van der Waals surface area contributed by atoms with E-state index in [1.165, 1.54) is 8.61 Å². The van der Waals surface area contributed by atoms with Gasteiger partial charge in [-0.25, -0.2) is 8.61 Å². The van der Waals surface area contributed by atoms with Crippen LogP contribution in [0.1, 0.15) is 25.7 Å². The fraction of sp³-hybridized carbons (Fsp3) is 0.438. The lowest BCUT2D eigenvalue weighted by molar-refractivity contribution is -0.120. The molecule has 1 aromatic carbocycles. The van der Waals surface area contributed by atoms with Gasteiger partial charge in [0.05, 0.1) is 17.9 Å². The van der Waals surface area contributed by atoms with E-state index in [0.29, 0.717) is 25.1 Å². The maximum atomic E-state index is 12.8. The summed E-state index contributed by atoms with van der Waals surface area (Å²) in [5.41, 5.74) is 1.44. The van der Waals surface area contributed by atoms with E-state index in [0.717, 1.165) is 18.5 Å². The third-order valence-electron chi connectivity index (χ3n) is 4.01. The van der Waals surface area contributed by atoms with Gasteiger partial charge in [-0.1, -0.05) is 18.2 Å². The Morgan fingerprint density at radius 2 is 2.00 bits per heavy atom. The van der Waals surface area contributed by atoms with Crippen molar-refractivity contribution in [2.45, 2.75) is 31.7 Å². The van der Waals surface area contributed by atoms with Crippen LogP contribution in [0.4, 0.5) is 11.4 Å². The summed E-state index contributed by atoms with van der Waals surface area (Å²) < 4.78 is 28.5. The first-order valence-electron chi connectivity index (χ1n) is 7.84. The van der Waals surface area contributed by atoms with Crippen LogP contribution in [0.25, 0.3) is 0 Å². The summed E-state index contributed by atoms with van der Waals surface area (Å²) in [6.45, 7) is 4.11. The molecule has 1 saturated carbocycles. The number of rotatable bonds is 7. The highest BCUT2D eigenvalue weighted by Crippen LogP contribution is 2.46. The summed E-state index contributed by atoms with van der Waals surface area (Å²) in [5.74, 6) is -0.0890. The summed E-state index contributed by atoms with van der Waals surface area (Å²) in [6.07, 6.45) is 4.49. The van der Waals surface area contributed by atoms with Crippen molar-refractivity contribution in [3.8, 4) is 0 Å². The maximum Gasteiger partial charge on any atom is 0.326 e. The molecule has 1 heterocycles. The zero-order valence-electron chi connectivity index (χ0n) is 12.9. The number of carbonyl (C=O) groups excluding carboxylic acids is 1. The van der Waals surface area contributed by atoms with Gasteiger partial charge in [-0.15, -0.1) is 6.58 Å². The molecule has 6 nitrogen and oxygen atoms in total. The van der Waals surface area contributed by atoms with Gasteiger partial charge >= 0.3 is 10.2 Å². The van der Waals surface area contributed by atoms with Crippen LogP contribution in [0.15, 0.2) is 36.9 Å². The van der Waals surface area contributed by atoms with Crippen LogP contribution < -0.4 is 13.9 Å². The molecule has 0 saturated heterocycles. The van der Waals surface area contributed by atoms with Gasteiger partial charge in [-0.2, -0.15) is 8.42 Å². The highest BCUT2D eigenvalue weighted by atomic mass is 32.2. The van der Waals surface area contributed by atoms with Crippen molar-refractivity contribution >= 4 is 27.5 Å². The lowest BCUT2D eigenvalue weighted by Gasteiger charge is -2.21. The van der Waals surface area contributed by atoms with Gasteiger partial charge < -0.3 is 5.32 Å². The van der Waals surface area contributed by atoms with E-state index in [1.807, 2.05) is 24.3 Å². The molecule has 1 fully saturated rings. The number of nitrogens with one attached hydrogen (secondary N) is 1. The minimum absolute atomic E-state index is 0.0772. The molecule has 1 amide bonds. The van der Waals surface area contributed by atoms with Gasteiger partial charge in [-0.05, 0) is 31.4 Å². The molecule has 124 valence electrons. The Labute approximate surface area is 137 Å². The molecule has 23 heavy (non-hydrogen) atoms. The van der Waals surface area contributed by atoms with E-state index in [9.17, 15) is 13.2 Å². The number of nitrogens with zero attached hydrogens (tertiary/aromatic N) is 2. The maximum absolute atomic E-state index is 12.8. The number of benzene rings is 1. The quantitative estimate of drug-likeness (QED) is 0.773. The Balaban J connectivity index is 1.71. The molecule has 3 rings (SSSR count). The summed E-state index contributed by atoms with van der Waals surface area (Å²) in [4.78, 5) is 11.6. The Hall–Kier alpha value is -2.02. The van der Waals surface area contributed by atoms with E-state index in [2.05, 4.69) is 11.9 Å². The molecule has 1 N–H and O–H groups in total. The summed E-state index contributed by atoms with van der Waals surface area (Å²) in [5, 5.41) is 2.76. The molecular formula is C16H21N3O3S. The lowest BCUT2D eigenvalue weighted by Crippen LogP contribution is -2.42. The number of anilines is 2. The third-order valence-corrected chi connectivity index (χ3v) is 5.93. The number of hydrogen-bond donors (Lipinski definition) is 1. The van der Waals surface area contributed by atoms with Crippen molar-refractivity contribution in [2.75, 3.05) is 21.7 Å². The van der Waals surface area contributed by atoms with Gasteiger partial charge in [-0.3, -0.25) is 4.79 Å². The Morgan fingerprint density at radius 1 is 1.30 bits per heavy atom. The molecule has 7 heteroatoms. The van der Waals surface area contributed by atoms with Crippen LogP contribution in [0.5, 0.6) is 0 Å². The molecular weight excluding hydrogens is 314 g/mol. The molecule has 1 aromatic rings. The van der Waals surface area contributed by atoms with Gasteiger partial charge in [0, 0.05) is 19.0 Å². The van der Waals surface area contributed by atoms with Gasteiger partial charge in [0.25, 0.3) is 0 Å². The van der Waals surface area contributed by atoms with E-state index >= 15 is 0 Å². The van der Waals surface area contributed by atoms with E-state index in [4.69, 9.17) is 0 Å². The normalized spacial score (nSPS) is 18.6. The minimum Gasteiger partial charge on any atom is -0.354 e. The van der Waals surface area contributed by atoms with Crippen molar-refractivity contribution in [2.24, 2.45) is 0 Å². The monoisotopic (exact) mass is 335 g/mol. The van der Waals surface area contributed by atoms with Gasteiger partial charge in [0.1, 0.15) is 0 Å². The molecule has 0 aromatic heterocycles. The lowest BCUT2D eigenvalue weighted by atomic mass is 10.2. The second-order valence-electron chi connectivity index (χ2n) is 5.77. The zero-order valence-corrected chi connectivity index (χ0v) is 13.8. The first kappa shape index (κ1) is 15.9. The molecule has 0 atom stereocenters. The predicted molar refractivity (Wildman–Crippen MR) is 90.6 cm³/mol. The molecule has 2 aliphatic rings. The number of allylic oxidation sites excluding steroid dienone is 1. The highest BCUT2D eigenvalue weighted by Gasteiger charge is 2.47. The van der Waals surface area contributed by atoms with Crippen LogP contribution in [-0.2, 0) is 15.0 Å². The van der Waals surface area contributed by atoms with E-state index in [-0.39, 0.29) is 18.5 Å². The Bertz CT molecular complexity index is 713. The standard InChI is InChI=1S/C16H21N3O3S/c1-2-3-8-16(20)17-11-12-18-14-6-4-5-7-15(14)19(13-9-10-13)23(18,21)22/h2,4-7,13H,1,3,8-12H2,(H,17,20).